The van der Waals surface area contributed by atoms with Crippen LogP contribution in [0.15, 0.2) is 30.7 Å². The fraction of sp³-hybridized carbons (Fsp3) is 0.520. The Bertz CT molecular complexity index is 1210. The molecule has 2 aromatic heterocycles. The molecule has 2 atom stereocenters. The molecule has 8 nitrogen and oxygen atoms in total. The molecule has 3 aromatic rings. The molecule has 0 spiro atoms. The van der Waals surface area contributed by atoms with E-state index >= 15 is 0 Å². The quantitative estimate of drug-likeness (QED) is 0.439. The lowest BCUT2D eigenvalue weighted by Gasteiger charge is -2.44. The Morgan fingerprint density at radius 3 is 2.68 bits per heavy atom. The van der Waals surface area contributed by atoms with Crippen molar-refractivity contribution in [1.29, 1.82) is 0 Å². The Kier molecular flexibility index (Phi) is 5.72. The molecule has 2 saturated carbocycles. The molecule has 180 valence electrons. The molecule has 0 amide bonds. The summed E-state index contributed by atoms with van der Waals surface area (Å²) in [4.78, 5) is 21.6. The van der Waals surface area contributed by atoms with Gasteiger partial charge in [0.25, 0.3) is 0 Å². The maximum absolute atomic E-state index is 11.6. The van der Waals surface area contributed by atoms with Crippen LogP contribution in [0.25, 0.3) is 10.4 Å². The lowest BCUT2D eigenvalue weighted by atomic mass is 9.63. The molecule has 0 aliphatic heterocycles. The molecule has 0 saturated heterocycles. The minimum atomic E-state index is -1.11. The minimum absolute atomic E-state index is 0.375. The van der Waals surface area contributed by atoms with Gasteiger partial charge in [-0.2, -0.15) is 0 Å². The summed E-state index contributed by atoms with van der Waals surface area (Å²) in [7, 11) is 0. The van der Waals surface area contributed by atoms with Gasteiger partial charge in [-0.15, -0.1) is 16.4 Å². The summed E-state index contributed by atoms with van der Waals surface area (Å²) < 4.78 is 1.94. The Balaban J connectivity index is 1.36. The van der Waals surface area contributed by atoms with Crippen molar-refractivity contribution < 1.29 is 15.0 Å². The second kappa shape index (κ2) is 8.46. The number of anilines is 2. The monoisotopic (exact) mass is 481 g/mol. The van der Waals surface area contributed by atoms with Crippen LogP contribution >= 0.6 is 11.3 Å². The molecule has 5 rings (SSSR count). The number of hydrogen-bond acceptors (Lipinski definition) is 7. The zero-order chi connectivity index (χ0) is 24.1. The topological polar surface area (TPSA) is 113 Å². The normalized spacial score (nSPS) is 24.5. The average molecular weight is 482 g/mol. The number of rotatable bonds is 6. The van der Waals surface area contributed by atoms with Crippen molar-refractivity contribution in [3.63, 3.8) is 0 Å². The van der Waals surface area contributed by atoms with E-state index in [9.17, 15) is 15.0 Å². The minimum Gasteiger partial charge on any atom is -0.481 e. The third-order valence-corrected chi connectivity index (χ3v) is 8.55. The summed E-state index contributed by atoms with van der Waals surface area (Å²) in [5.74, 6) is -0.669. The van der Waals surface area contributed by atoms with Crippen LogP contribution in [-0.4, -0.2) is 35.9 Å². The van der Waals surface area contributed by atoms with Gasteiger partial charge in [0.1, 0.15) is 16.9 Å². The SMILES string of the molecule is Cc1cc(Nc2ncn(C3CCC3)n2)cc(-c2cnc(C3(O)CCC(C(=O)O)C(C)(C)C3)s2)c1. The van der Waals surface area contributed by atoms with Crippen molar-refractivity contribution >= 4 is 28.9 Å². The number of nitrogens with zero attached hydrogens (tertiary/aromatic N) is 4. The van der Waals surface area contributed by atoms with E-state index in [-0.39, 0.29) is 0 Å². The number of benzene rings is 1. The number of carbonyl (C=O) groups is 1. The molecule has 1 aromatic carbocycles. The maximum atomic E-state index is 11.6. The van der Waals surface area contributed by atoms with Gasteiger partial charge in [0.05, 0.1) is 16.8 Å². The molecule has 2 unspecified atom stereocenters. The summed E-state index contributed by atoms with van der Waals surface area (Å²) in [6.45, 7) is 5.88. The van der Waals surface area contributed by atoms with E-state index in [1.165, 1.54) is 17.8 Å². The molecular formula is C25H31N5O3S. The fourth-order valence-corrected chi connectivity index (χ4v) is 6.31. The number of aromatic nitrogens is 4. The fourth-order valence-electron chi connectivity index (χ4n) is 5.29. The second-order valence-electron chi connectivity index (χ2n) is 10.5. The van der Waals surface area contributed by atoms with E-state index < -0.39 is 22.9 Å². The Hall–Kier alpha value is -2.78. The molecule has 2 heterocycles. The summed E-state index contributed by atoms with van der Waals surface area (Å²) >= 11 is 1.47. The number of aliphatic carboxylic acids is 1. The molecule has 2 fully saturated rings. The van der Waals surface area contributed by atoms with Crippen LogP contribution in [0.1, 0.15) is 69.0 Å². The van der Waals surface area contributed by atoms with Crippen molar-refractivity contribution in [2.75, 3.05) is 5.32 Å². The highest BCUT2D eigenvalue weighted by Gasteiger charge is 2.49. The van der Waals surface area contributed by atoms with Crippen molar-refractivity contribution in [2.45, 2.75) is 70.9 Å². The lowest BCUT2D eigenvalue weighted by Crippen LogP contribution is -2.44. The Morgan fingerprint density at radius 2 is 2.00 bits per heavy atom. The lowest BCUT2D eigenvalue weighted by molar-refractivity contribution is -0.154. The van der Waals surface area contributed by atoms with Gasteiger partial charge in [-0.1, -0.05) is 19.9 Å². The standard InChI is InChI=1S/C25H31N5O3S/c1-15-9-16(11-17(10-15)28-23-27-14-30(29-23)18-5-4-6-18)20-12-26-22(34-20)25(33)8-7-19(21(31)32)24(2,3)13-25/h9-12,14,18-19,33H,4-8,13H2,1-3H3,(H,28,29)(H,31,32). The highest BCUT2D eigenvalue weighted by molar-refractivity contribution is 7.15. The third kappa shape index (κ3) is 4.34. The van der Waals surface area contributed by atoms with Gasteiger partial charge >= 0.3 is 5.97 Å². The van der Waals surface area contributed by atoms with Crippen molar-refractivity contribution in [1.82, 2.24) is 19.7 Å². The van der Waals surface area contributed by atoms with Crippen LogP contribution < -0.4 is 5.32 Å². The molecule has 3 N–H and O–H groups in total. The highest BCUT2D eigenvalue weighted by atomic mass is 32.1. The first kappa shape index (κ1) is 23.0. The van der Waals surface area contributed by atoms with Gasteiger partial charge < -0.3 is 15.5 Å². The number of carboxylic acid groups (broad SMARTS) is 1. The first-order valence-corrected chi connectivity index (χ1v) is 12.7. The second-order valence-corrected chi connectivity index (χ2v) is 11.5. The number of nitrogens with one attached hydrogen (secondary N) is 1. The van der Waals surface area contributed by atoms with E-state index in [4.69, 9.17) is 0 Å². The smallest absolute Gasteiger partial charge is 0.307 e. The Morgan fingerprint density at radius 1 is 1.21 bits per heavy atom. The highest BCUT2D eigenvalue weighted by Crippen LogP contribution is 2.51. The molecule has 0 bridgehead atoms. The number of carboxylic acids is 1. The number of aryl methyl sites for hydroxylation is 1. The van der Waals surface area contributed by atoms with Gasteiger partial charge in [0.2, 0.25) is 5.95 Å². The van der Waals surface area contributed by atoms with Gasteiger partial charge in [-0.05, 0) is 74.1 Å². The largest absolute Gasteiger partial charge is 0.481 e. The summed E-state index contributed by atoms with van der Waals surface area (Å²) in [6.07, 6.45) is 8.37. The zero-order valence-electron chi connectivity index (χ0n) is 19.8. The van der Waals surface area contributed by atoms with Crippen LogP contribution in [0.4, 0.5) is 11.6 Å². The number of thiazole rings is 1. The zero-order valence-corrected chi connectivity index (χ0v) is 20.6. The number of aliphatic hydroxyl groups is 1. The van der Waals surface area contributed by atoms with E-state index in [2.05, 4.69) is 32.5 Å². The maximum Gasteiger partial charge on any atom is 0.307 e. The average Bonchev–Trinajstić information content (AvgIpc) is 3.35. The molecule has 34 heavy (non-hydrogen) atoms. The summed E-state index contributed by atoms with van der Waals surface area (Å²) in [5, 5.41) is 29.5. The Labute approximate surface area is 203 Å². The molecule has 2 aliphatic rings. The number of hydrogen-bond donors (Lipinski definition) is 3. The summed E-state index contributed by atoms with van der Waals surface area (Å²) in [5.41, 5.74) is 1.38. The predicted octanol–water partition coefficient (Wildman–Crippen LogP) is 5.28. The van der Waals surface area contributed by atoms with E-state index in [0.717, 1.165) is 34.5 Å². The predicted molar refractivity (Wildman–Crippen MR) is 131 cm³/mol. The van der Waals surface area contributed by atoms with Crippen molar-refractivity contribution in [3.8, 4) is 10.4 Å². The molecule has 2 aliphatic carbocycles. The van der Waals surface area contributed by atoms with Crippen LogP contribution in [0.5, 0.6) is 0 Å². The van der Waals surface area contributed by atoms with Gasteiger partial charge in [0.15, 0.2) is 0 Å². The van der Waals surface area contributed by atoms with Crippen LogP contribution in [0, 0.1) is 18.3 Å². The van der Waals surface area contributed by atoms with E-state index in [0.29, 0.717) is 36.3 Å². The van der Waals surface area contributed by atoms with Crippen molar-refractivity contribution in [3.05, 3.63) is 41.3 Å². The van der Waals surface area contributed by atoms with Gasteiger partial charge in [-0.25, -0.2) is 14.6 Å². The molecular weight excluding hydrogens is 450 g/mol. The molecule has 0 radical (unpaired) electrons. The van der Waals surface area contributed by atoms with Crippen LogP contribution in [0.3, 0.4) is 0 Å². The summed E-state index contributed by atoms with van der Waals surface area (Å²) in [6, 6.07) is 6.66. The molecule has 9 heteroatoms. The van der Waals surface area contributed by atoms with Crippen molar-refractivity contribution in [2.24, 2.45) is 11.3 Å². The first-order valence-electron chi connectivity index (χ1n) is 11.8. The van der Waals surface area contributed by atoms with Crippen LogP contribution in [0.2, 0.25) is 0 Å². The van der Waals surface area contributed by atoms with Gasteiger partial charge in [0, 0.05) is 11.9 Å². The van der Waals surface area contributed by atoms with E-state index in [1.807, 2.05) is 31.5 Å². The van der Waals surface area contributed by atoms with E-state index in [1.54, 1.807) is 12.5 Å². The third-order valence-electron chi connectivity index (χ3n) is 7.32. The van der Waals surface area contributed by atoms with Crippen LogP contribution in [-0.2, 0) is 10.4 Å². The first-order chi connectivity index (χ1) is 16.1. The van der Waals surface area contributed by atoms with Gasteiger partial charge in [-0.3, -0.25) is 4.79 Å².